The Balaban J connectivity index is 1.07. The average Bonchev–Trinajstić information content (AvgIpc) is 1.89. The van der Waals surface area contributed by atoms with E-state index in [1.54, 1.807) is 170 Å². The van der Waals surface area contributed by atoms with Crippen molar-refractivity contribution >= 4 is 102 Å². The number of hydrogen-bond acceptors (Lipinski definition) is 18. The summed E-state index contributed by atoms with van der Waals surface area (Å²) >= 11 is 0. The molecule has 8 aromatic carbocycles. The number of nitrogens with zero attached hydrogens (tertiary/aromatic N) is 7. The van der Waals surface area contributed by atoms with E-state index in [9.17, 15) is 33.7 Å². The zero-order valence-electron chi connectivity index (χ0n) is 43.9. The standard InChI is InChI=1S/C60H40N8O13S4/c69-82(70,33-37-17-5-1-6-18-37)77-45-29-14-26-42-49(45)55-61-53-41-25-13-30-46(78-83(71,72)34-38-19-7-2-8-20-38)50(41)56(62-53)65-57-43-27-15-32-48(80-85(75,76)36-40-23-11-4-12-24-40)52(43)60-66-58-44-28-16-31-47(79-84(73,74)35-39-21-9-3-10-22-39)51(44)59(64-54(42)63-55)68(58)81-67(57)60/h1-32H,33-36H2/p+1. The predicted octanol–water partition coefficient (Wildman–Crippen LogP) is 8.49. The van der Waals surface area contributed by atoms with Crippen molar-refractivity contribution in [2.45, 2.75) is 23.0 Å². The molecule has 21 nitrogen and oxygen atoms in total. The molecule has 0 spiro atoms. The lowest BCUT2D eigenvalue weighted by Crippen LogP contribution is -2.32. The van der Waals surface area contributed by atoms with Crippen molar-refractivity contribution in [3.63, 3.8) is 0 Å². The van der Waals surface area contributed by atoms with Crippen molar-refractivity contribution in [2.75, 3.05) is 0 Å². The first-order valence-corrected chi connectivity index (χ1v) is 32.3. The maximum Gasteiger partial charge on any atom is 0.313 e. The summed E-state index contributed by atoms with van der Waals surface area (Å²) in [6, 6.07) is 52.3. The van der Waals surface area contributed by atoms with Gasteiger partial charge < -0.3 is 21.7 Å². The lowest BCUT2D eigenvalue weighted by atomic mass is 10.1. The Hall–Kier alpha value is -10.1. The zero-order valence-corrected chi connectivity index (χ0v) is 47.1. The minimum atomic E-state index is -4.42. The Morgan fingerprint density at radius 2 is 0.859 bits per heavy atom. The maximum atomic E-state index is 14.1. The Labute approximate surface area is 483 Å². The Morgan fingerprint density at radius 1 is 0.412 bits per heavy atom. The number of aromatic nitrogens is 4. The van der Waals surface area contributed by atoms with Crippen LogP contribution in [-0.2, 0) is 63.5 Å². The van der Waals surface area contributed by atoms with Gasteiger partial charge in [-0.2, -0.15) is 43.3 Å². The smallest absolute Gasteiger partial charge is 0.313 e. The Bertz CT molecular complexity index is 5370. The first-order chi connectivity index (χ1) is 41.0. The van der Waals surface area contributed by atoms with Crippen LogP contribution in [0, 0.1) is 0 Å². The molecular weight excluding hydrogens is 1170 g/mol. The number of rotatable bonds is 16. The van der Waals surface area contributed by atoms with E-state index in [1.165, 1.54) is 33.6 Å². The van der Waals surface area contributed by atoms with Crippen molar-refractivity contribution in [3.05, 3.63) is 238 Å². The second kappa shape index (κ2) is 20.4. The highest BCUT2D eigenvalue weighted by molar-refractivity contribution is 7.87. The van der Waals surface area contributed by atoms with Crippen LogP contribution in [-0.4, -0.2) is 59.9 Å². The molecule has 0 atom stereocenters. The quantitative estimate of drug-likeness (QED) is 0.0702. The fraction of sp³-hybridized carbons (Fsp3) is 0.0667. The van der Waals surface area contributed by atoms with Gasteiger partial charge in [0, 0.05) is 10.9 Å². The molecule has 4 aliphatic rings. The molecule has 0 saturated carbocycles. The lowest BCUT2D eigenvalue weighted by Gasteiger charge is -2.11. The molecular formula is C60H41N8O13S4+. The van der Waals surface area contributed by atoms with Crippen LogP contribution in [0.15, 0.2) is 219 Å². The van der Waals surface area contributed by atoms with E-state index < -0.39 is 63.5 Å². The van der Waals surface area contributed by atoms with Gasteiger partial charge in [-0.1, -0.05) is 163 Å². The summed E-state index contributed by atoms with van der Waals surface area (Å²) < 4.78 is 146. The lowest BCUT2D eigenvalue weighted by molar-refractivity contribution is -0.793. The van der Waals surface area contributed by atoms with Crippen LogP contribution >= 0.6 is 0 Å². The van der Waals surface area contributed by atoms with Gasteiger partial charge in [-0.05, 0) is 68.0 Å². The Kier molecular flexibility index (Phi) is 12.7. The number of nitrogens with one attached hydrogen (secondary N) is 1. The monoisotopic (exact) mass is 1210 g/mol. The highest BCUT2D eigenvalue weighted by Gasteiger charge is 2.37. The summed E-state index contributed by atoms with van der Waals surface area (Å²) in [7, 11) is -17.6. The van der Waals surface area contributed by atoms with Crippen LogP contribution in [0.4, 0.5) is 11.6 Å². The topological polar surface area (TPSA) is 273 Å². The molecule has 0 unspecified atom stereocenters. The Morgan fingerprint density at radius 3 is 1.39 bits per heavy atom. The minimum absolute atomic E-state index is 0.0101. The second-order valence-electron chi connectivity index (χ2n) is 19.8. The van der Waals surface area contributed by atoms with E-state index in [2.05, 4.69) is 4.98 Å². The summed E-state index contributed by atoms with van der Waals surface area (Å²) in [5, 5.41) is 0.966. The highest BCUT2D eigenvalue weighted by atomic mass is 32.2. The molecule has 0 radical (unpaired) electrons. The third-order valence-corrected chi connectivity index (χ3v) is 18.3. The van der Waals surface area contributed by atoms with E-state index in [4.69, 9.17) is 46.3 Å². The van der Waals surface area contributed by atoms with E-state index >= 15 is 0 Å². The molecule has 2 aromatic heterocycles. The molecule has 10 aromatic rings. The molecule has 6 heterocycles. The molecule has 6 bridgehead atoms. The van der Waals surface area contributed by atoms with E-state index in [-0.39, 0.29) is 112 Å². The van der Waals surface area contributed by atoms with E-state index in [1.807, 2.05) is 0 Å². The third-order valence-electron chi connectivity index (χ3n) is 13.8. The van der Waals surface area contributed by atoms with Gasteiger partial charge in [0.15, 0.2) is 34.7 Å². The van der Waals surface area contributed by atoms with Gasteiger partial charge >= 0.3 is 40.5 Å². The van der Waals surface area contributed by atoms with Gasteiger partial charge in [0.2, 0.25) is 11.3 Å². The largest absolute Gasteiger partial charge is 0.381 e. The third kappa shape index (κ3) is 10.2. The van der Waals surface area contributed by atoms with E-state index in [0.29, 0.717) is 22.3 Å². The van der Waals surface area contributed by atoms with Crippen LogP contribution in [0.1, 0.15) is 33.4 Å². The van der Waals surface area contributed by atoms with E-state index in [0.717, 1.165) is 0 Å². The van der Waals surface area contributed by atoms with Gasteiger partial charge in [0.05, 0.1) is 27.1 Å². The molecule has 422 valence electrons. The van der Waals surface area contributed by atoms with Gasteiger partial charge in [-0.25, -0.2) is 9.98 Å². The van der Waals surface area contributed by atoms with Crippen molar-refractivity contribution in [2.24, 2.45) is 20.0 Å². The van der Waals surface area contributed by atoms with Crippen molar-refractivity contribution in [1.82, 2.24) is 14.5 Å². The number of fused-ring (bicyclic) bond motifs is 15. The first-order valence-electron chi connectivity index (χ1n) is 26.0. The van der Waals surface area contributed by atoms with Crippen LogP contribution in [0.5, 0.6) is 23.0 Å². The van der Waals surface area contributed by atoms with Gasteiger partial charge in [-0.3, -0.25) is 0 Å². The van der Waals surface area contributed by atoms with Crippen molar-refractivity contribution in [1.29, 1.82) is 0 Å². The molecule has 25 heteroatoms. The SMILES string of the molecule is O=S(=O)(Cc1ccccc1)Oc1cccc2c1C1=NC2=Nc2c3c(OS(=O)(=O)Cc4ccccc4)cccc3c3nc4c5c(OS(=O)(=O)Cc6ccccc6)cccc5c([n+]-4on23)N=c2[nH]c(c3cccc(OS(=O)(=O)Cc4ccccc4)c23)=N1. The number of aromatic amines is 1. The highest BCUT2D eigenvalue weighted by Crippen LogP contribution is 2.44. The van der Waals surface area contributed by atoms with Crippen LogP contribution < -0.4 is 32.4 Å². The molecule has 85 heavy (non-hydrogen) atoms. The van der Waals surface area contributed by atoms with Gasteiger partial charge in [0.25, 0.3) is 17.3 Å². The van der Waals surface area contributed by atoms with Gasteiger partial charge in [0.1, 0.15) is 33.9 Å². The molecule has 0 fully saturated rings. The fourth-order valence-corrected chi connectivity index (χ4v) is 14.6. The van der Waals surface area contributed by atoms with Crippen molar-refractivity contribution in [3.8, 4) is 28.8 Å². The van der Waals surface area contributed by atoms with Crippen LogP contribution in [0.2, 0.25) is 0 Å². The molecule has 4 aliphatic heterocycles. The summed E-state index contributed by atoms with van der Waals surface area (Å²) in [5.41, 5.74) is 2.06. The minimum Gasteiger partial charge on any atom is -0.381 e. The summed E-state index contributed by atoms with van der Waals surface area (Å²) in [6.07, 6.45) is 0. The number of benzene rings is 8. The summed E-state index contributed by atoms with van der Waals surface area (Å²) in [5.74, 6) is -3.20. The van der Waals surface area contributed by atoms with Crippen LogP contribution in [0.3, 0.4) is 0 Å². The van der Waals surface area contributed by atoms with Crippen LogP contribution in [0.25, 0.3) is 43.8 Å². The molecule has 0 amide bonds. The summed E-state index contributed by atoms with van der Waals surface area (Å²) in [4.78, 5) is 28.6. The second-order valence-corrected chi connectivity index (χ2v) is 26.1. The maximum absolute atomic E-state index is 14.1. The molecule has 0 saturated heterocycles. The first kappa shape index (κ1) is 53.0. The van der Waals surface area contributed by atoms with Crippen molar-refractivity contribution < 1.29 is 59.8 Å². The number of amidine groups is 2. The molecule has 0 aliphatic carbocycles. The predicted molar refractivity (Wildman–Crippen MR) is 313 cm³/mol. The normalized spacial score (nSPS) is 13.4. The number of aliphatic imine (C=N–C) groups is 2. The molecule has 14 rings (SSSR count). The number of H-pyrrole nitrogens is 1. The average molecular weight is 1210 g/mol. The molecule has 1 N–H and O–H groups in total. The summed E-state index contributed by atoms with van der Waals surface area (Å²) in [6.45, 7) is 0. The number of hydrogen-bond donors (Lipinski definition) is 1. The fourth-order valence-electron chi connectivity index (χ4n) is 10.4. The zero-order chi connectivity index (χ0) is 58.2. The van der Waals surface area contributed by atoms with Gasteiger partial charge in [-0.15, -0.1) is 4.99 Å².